The highest BCUT2D eigenvalue weighted by molar-refractivity contribution is 6.00. The third kappa shape index (κ3) is 18.0. The first-order chi connectivity index (χ1) is 41.0. The Morgan fingerprint density at radius 1 is 0.294 bits per heavy atom. The first-order valence-corrected chi connectivity index (χ1v) is 31.5. The molecule has 11 heteroatoms. The van der Waals surface area contributed by atoms with E-state index in [1.54, 1.807) is 0 Å². The van der Waals surface area contributed by atoms with Gasteiger partial charge in [-0.2, -0.15) is 0 Å². The van der Waals surface area contributed by atoms with E-state index in [9.17, 15) is 0 Å². The molecule has 7 aromatic rings. The number of H-pyrrole nitrogens is 2. The van der Waals surface area contributed by atoms with E-state index in [0.29, 0.717) is 26.4 Å². The second-order valence-corrected chi connectivity index (χ2v) is 26.3. The van der Waals surface area contributed by atoms with Gasteiger partial charge < -0.3 is 42.4 Å². The Kier molecular flexibility index (Phi) is 21.3. The molecule has 0 amide bonds. The number of hydrogen-bond acceptors (Lipinski definition) is 6. The molecule has 85 heavy (non-hydrogen) atoms. The van der Waals surface area contributed by atoms with Crippen molar-refractivity contribution in [3.8, 4) is 67.5 Å². The first-order valence-electron chi connectivity index (χ1n) is 31.5. The summed E-state index contributed by atoms with van der Waals surface area (Å²) in [6, 6.07) is 42.7. The molecule has 9 rings (SSSR count). The highest BCUT2D eigenvalue weighted by Gasteiger charge is 2.20. The zero-order valence-corrected chi connectivity index (χ0v) is 52.9. The average molecular weight is 1150 g/mol. The number of rotatable bonds is 31. The molecule has 0 radical (unpaired) electrons. The molecule has 0 saturated heterocycles. The Morgan fingerprint density at radius 2 is 0.529 bits per heavy atom. The molecular formula is C74H96N7O4+3. The fourth-order valence-corrected chi connectivity index (χ4v) is 11.3. The lowest BCUT2D eigenvalue weighted by atomic mass is 10.0. The van der Waals surface area contributed by atoms with Gasteiger partial charge in [0.1, 0.15) is 23.0 Å². The normalized spacial score (nSPS) is 12.5. The highest BCUT2D eigenvalue weighted by atomic mass is 16.5. The molecule has 0 fully saturated rings. The van der Waals surface area contributed by atoms with Gasteiger partial charge in [0, 0.05) is 63.6 Å². The number of ether oxygens (including phenoxy) is 4. The van der Waals surface area contributed by atoms with E-state index < -0.39 is 0 Å². The fraction of sp³-hybridized carbons (Fsp3) is 0.405. The Balaban J connectivity index is 1.16. The van der Waals surface area contributed by atoms with Crippen LogP contribution in [0.15, 0.2) is 121 Å². The van der Waals surface area contributed by atoms with Gasteiger partial charge in [0.25, 0.3) is 0 Å². The number of unbranched alkanes of at least 4 members (excludes halogenated alkanes) is 9. The molecule has 11 nitrogen and oxygen atoms in total. The van der Waals surface area contributed by atoms with E-state index in [1.165, 1.54) is 57.8 Å². The second-order valence-electron chi connectivity index (χ2n) is 26.3. The SMILES string of the molecule is CCCCCCCCCCCCOc1ccc(-c2c3nc(c(-c4ccc(OCCC[N+](C)(C)C)cc4)c4ccc([nH]4)c(-c4ccc(OCCC[N+](C)(C)C)cc4)c4nc(c(-c5ccc(OCCC[N+](C)(C)C)cc5)c5ccc2[nH]5)C=C4)C=C3)cc1. The number of aromatic amines is 2. The van der Waals surface area contributed by atoms with Gasteiger partial charge in [-0.1, -0.05) is 113 Å². The standard InChI is InChI=1S/C74H96N7O4/c1-11-12-13-14-15-16-17-18-19-20-51-82-59-32-24-55(25-33-59)71-63-40-42-65(75-63)72(56-26-34-60(35-27-56)83-52-21-48-79(2,3)4)67-44-46-69(77-67)74(58-30-38-62(39-31-58)85-54-23-50-81(8,9)10)70-47-45-68(78-70)73(66-43-41-64(71)76-66)57-28-36-61(37-29-57)84-53-22-49-80(5,6)7/h24-47,75,78H,11-23,48-54H2,1-10H3/q+3. The van der Waals surface area contributed by atoms with Crippen molar-refractivity contribution in [1.29, 1.82) is 0 Å². The monoisotopic (exact) mass is 1150 g/mol. The van der Waals surface area contributed by atoms with Crippen molar-refractivity contribution >= 4 is 46.4 Å². The van der Waals surface area contributed by atoms with Gasteiger partial charge in [0.15, 0.2) is 0 Å². The molecule has 0 atom stereocenters. The Morgan fingerprint density at radius 3 is 0.776 bits per heavy atom. The fourth-order valence-electron chi connectivity index (χ4n) is 11.3. The molecule has 448 valence electrons. The zero-order valence-electron chi connectivity index (χ0n) is 52.9. The maximum absolute atomic E-state index is 6.38. The number of nitrogens with one attached hydrogen (secondary N) is 2. The van der Waals surface area contributed by atoms with Crippen LogP contribution in [0, 0.1) is 0 Å². The van der Waals surface area contributed by atoms with Crippen LogP contribution in [0.25, 0.3) is 90.9 Å². The minimum atomic E-state index is 0.654. The van der Waals surface area contributed by atoms with Gasteiger partial charge in [0.05, 0.1) is 132 Å². The number of quaternary nitrogens is 3. The Hall–Kier alpha value is -7.44. The van der Waals surface area contributed by atoms with E-state index >= 15 is 0 Å². The summed E-state index contributed by atoms with van der Waals surface area (Å²) < 4.78 is 28.0. The smallest absolute Gasteiger partial charge is 0.119 e. The van der Waals surface area contributed by atoms with Crippen molar-refractivity contribution < 1.29 is 32.4 Å². The molecule has 2 N–H and O–H groups in total. The minimum Gasteiger partial charge on any atom is -0.494 e. The largest absolute Gasteiger partial charge is 0.494 e. The van der Waals surface area contributed by atoms with Crippen molar-refractivity contribution in [2.75, 3.05) is 109 Å². The molecule has 0 aliphatic carbocycles. The van der Waals surface area contributed by atoms with E-state index in [1.807, 2.05) is 0 Å². The number of hydrogen-bond donors (Lipinski definition) is 2. The van der Waals surface area contributed by atoms with E-state index in [4.69, 9.17) is 28.9 Å². The molecule has 0 unspecified atom stereocenters. The molecule has 5 heterocycles. The van der Waals surface area contributed by atoms with Crippen LogP contribution in [0.1, 0.15) is 113 Å². The van der Waals surface area contributed by atoms with Crippen molar-refractivity contribution in [2.45, 2.75) is 90.4 Å². The lowest BCUT2D eigenvalue weighted by Gasteiger charge is -2.23. The molecule has 2 aliphatic heterocycles. The average Bonchev–Trinajstić information content (AvgIpc) is 4.20. The quantitative estimate of drug-likeness (QED) is 0.0332. The number of nitrogens with zero attached hydrogens (tertiary/aromatic N) is 5. The van der Waals surface area contributed by atoms with E-state index in [2.05, 4.69) is 226 Å². The maximum Gasteiger partial charge on any atom is 0.119 e. The molecular weight excluding hydrogens is 1050 g/mol. The van der Waals surface area contributed by atoms with Gasteiger partial charge in [0.2, 0.25) is 0 Å². The molecule has 0 saturated carbocycles. The molecule has 0 spiro atoms. The summed E-state index contributed by atoms with van der Waals surface area (Å²) >= 11 is 0. The Bertz CT molecular complexity index is 3440. The summed E-state index contributed by atoms with van der Waals surface area (Å²) in [5.74, 6) is 3.40. The summed E-state index contributed by atoms with van der Waals surface area (Å²) in [5.41, 5.74) is 15.1. The summed E-state index contributed by atoms with van der Waals surface area (Å²) in [4.78, 5) is 19.1. The Labute approximate surface area is 507 Å². The van der Waals surface area contributed by atoms with Crippen LogP contribution in [0.4, 0.5) is 0 Å². The molecule has 4 aromatic carbocycles. The summed E-state index contributed by atoms with van der Waals surface area (Å²) in [5, 5.41) is 0. The van der Waals surface area contributed by atoms with Crippen LogP contribution in [-0.4, -0.2) is 143 Å². The van der Waals surface area contributed by atoms with Crippen LogP contribution >= 0.6 is 0 Å². The van der Waals surface area contributed by atoms with Crippen LogP contribution in [0.2, 0.25) is 0 Å². The van der Waals surface area contributed by atoms with Crippen molar-refractivity contribution in [3.63, 3.8) is 0 Å². The van der Waals surface area contributed by atoms with Crippen molar-refractivity contribution in [1.82, 2.24) is 19.9 Å². The van der Waals surface area contributed by atoms with Crippen molar-refractivity contribution in [2.24, 2.45) is 0 Å². The van der Waals surface area contributed by atoms with E-state index in [-0.39, 0.29) is 0 Å². The van der Waals surface area contributed by atoms with Crippen LogP contribution in [0.3, 0.4) is 0 Å². The van der Waals surface area contributed by atoms with Gasteiger partial charge in [-0.3, -0.25) is 0 Å². The topological polar surface area (TPSA) is 94.3 Å². The number of fused-ring (bicyclic) bond motifs is 8. The van der Waals surface area contributed by atoms with Crippen LogP contribution < -0.4 is 18.9 Å². The van der Waals surface area contributed by atoms with Gasteiger partial charge >= 0.3 is 0 Å². The minimum absolute atomic E-state index is 0.654. The number of aromatic nitrogens is 4. The second kappa shape index (κ2) is 29.1. The lowest BCUT2D eigenvalue weighted by molar-refractivity contribution is -0.870. The molecule has 2 aliphatic rings. The van der Waals surface area contributed by atoms with Crippen LogP contribution in [-0.2, 0) is 0 Å². The lowest BCUT2D eigenvalue weighted by Crippen LogP contribution is -2.36. The first kappa shape index (κ1) is 62.1. The highest BCUT2D eigenvalue weighted by Crippen LogP contribution is 2.40. The van der Waals surface area contributed by atoms with Crippen molar-refractivity contribution in [3.05, 3.63) is 144 Å². The predicted molar refractivity (Wildman–Crippen MR) is 357 cm³/mol. The zero-order chi connectivity index (χ0) is 59.8. The van der Waals surface area contributed by atoms with Gasteiger partial charge in [-0.25, -0.2) is 9.97 Å². The number of benzene rings is 4. The maximum atomic E-state index is 6.38. The van der Waals surface area contributed by atoms with Crippen LogP contribution in [0.5, 0.6) is 23.0 Å². The third-order valence-electron chi connectivity index (χ3n) is 15.8. The summed E-state index contributed by atoms with van der Waals surface area (Å²) in [7, 11) is 19.9. The van der Waals surface area contributed by atoms with E-state index in [0.717, 1.165) is 171 Å². The summed E-state index contributed by atoms with van der Waals surface area (Å²) in [6.45, 7) is 8.06. The molecule has 8 bridgehead atoms. The summed E-state index contributed by atoms with van der Waals surface area (Å²) in [6.07, 6.45) is 24.5. The third-order valence-corrected chi connectivity index (χ3v) is 15.8. The predicted octanol–water partition coefficient (Wildman–Crippen LogP) is 17.0. The van der Waals surface area contributed by atoms with Gasteiger partial charge in [-0.15, -0.1) is 0 Å². The van der Waals surface area contributed by atoms with Gasteiger partial charge in [-0.05, 0) is 126 Å². The molecule has 3 aromatic heterocycles.